The number of benzene rings is 1. The summed E-state index contributed by atoms with van der Waals surface area (Å²) < 4.78 is 0. The van der Waals surface area contributed by atoms with Crippen LogP contribution in [0.1, 0.15) is 24.8 Å². The molecule has 1 saturated carbocycles. The zero-order chi connectivity index (χ0) is 13.0. The first kappa shape index (κ1) is 12.8. The van der Waals surface area contributed by atoms with Crippen LogP contribution in [0.5, 0.6) is 0 Å². The maximum Gasteiger partial charge on any atom is 0.271 e. The van der Waals surface area contributed by atoms with Crippen molar-refractivity contribution in [1.29, 1.82) is 0 Å². The summed E-state index contributed by atoms with van der Waals surface area (Å²) in [6.07, 6.45) is 3.63. The van der Waals surface area contributed by atoms with Crippen LogP contribution in [0.25, 0.3) is 0 Å². The quantitative estimate of drug-likeness (QED) is 0.442. The lowest BCUT2D eigenvalue weighted by Gasteiger charge is -2.07. The first-order chi connectivity index (χ1) is 8.65. The Labute approximate surface area is 107 Å². The molecule has 0 spiro atoms. The molecule has 0 aromatic heterocycles. The van der Waals surface area contributed by atoms with Crippen molar-refractivity contribution in [1.82, 2.24) is 5.32 Å². The Bertz CT molecular complexity index is 430. The van der Waals surface area contributed by atoms with Gasteiger partial charge in [-0.05, 0) is 44.4 Å². The van der Waals surface area contributed by atoms with Crippen molar-refractivity contribution in [2.45, 2.75) is 32.2 Å². The predicted octanol–water partition coefficient (Wildman–Crippen LogP) is 2.46. The summed E-state index contributed by atoms with van der Waals surface area (Å²) in [6, 6.07) is 5.84. The molecular formula is C13H19N3O2. The number of non-ortho nitro benzene ring substituents is 1. The Kier molecular flexibility index (Phi) is 4.15. The number of aryl methyl sites for hydroxylation is 1. The Morgan fingerprint density at radius 2 is 2.11 bits per heavy atom. The fourth-order valence-corrected chi connectivity index (χ4v) is 1.89. The number of nitrogens with zero attached hydrogens (tertiary/aromatic N) is 1. The molecule has 0 unspecified atom stereocenters. The highest BCUT2D eigenvalue weighted by Gasteiger charge is 2.19. The van der Waals surface area contributed by atoms with E-state index in [1.165, 1.54) is 12.8 Å². The third kappa shape index (κ3) is 4.00. The van der Waals surface area contributed by atoms with E-state index in [0.29, 0.717) is 0 Å². The van der Waals surface area contributed by atoms with Gasteiger partial charge in [0.2, 0.25) is 0 Å². The van der Waals surface area contributed by atoms with Gasteiger partial charge < -0.3 is 10.6 Å². The van der Waals surface area contributed by atoms with Crippen molar-refractivity contribution in [3.8, 4) is 0 Å². The highest BCUT2D eigenvalue weighted by Crippen LogP contribution is 2.20. The van der Waals surface area contributed by atoms with Crippen LogP contribution >= 0.6 is 0 Å². The molecule has 0 atom stereocenters. The first-order valence-corrected chi connectivity index (χ1v) is 6.38. The molecule has 18 heavy (non-hydrogen) atoms. The van der Waals surface area contributed by atoms with Gasteiger partial charge in [0.15, 0.2) is 0 Å². The molecular weight excluding hydrogens is 230 g/mol. The second-order valence-electron chi connectivity index (χ2n) is 4.82. The van der Waals surface area contributed by atoms with Gasteiger partial charge >= 0.3 is 0 Å². The van der Waals surface area contributed by atoms with Gasteiger partial charge in [0.25, 0.3) is 5.69 Å². The lowest BCUT2D eigenvalue weighted by atomic mass is 10.2. The van der Waals surface area contributed by atoms with Crippen molar-refractivity contribution in [3.63, 3.8) is 0 Å². The second-order valence-corrected chi connectivity index (χ2v) is 4.82. The average molecular weight is 249 g/mol. The molecule has 5 heteroatoms. The Morgan fingerprint density at radius 3 is 2.78 bits per heavy atom. The normalized spacial score (nSPS) is 14.5. The topological polar surface area (TPSA) is 67.2 Å². The summed E-state index contributed by atoms with van der Waals surface area (Å²) in [6.45, 7) is 3.71. The number of rotatable bonds is 7. The first-order valence-electron chi connectivity index (χ1n) is 6.38. The van der Waals surface area contributed by atoms with Crippen LogP contribution < -0.4 is 10.6 Å². The van der Waals surface area contributed by atoms with Crippen LogP contribution in [-0.2, 0) is 0 Å². The molecule has 1 aliphatic rings. The molecule has 1 aliphatic carbocycles. The molecule has 0 bridgehead atoms. The van der Waals surface area contributed by atoms with Gasteiger partial charge in [0.05, 0.1) is 4.92 Å². The Hall–Kier alpha value is -1.62. The molecule has 1 fully saturated rings. The molecule has 98 valence electrons. The molecule has 0 aliphatic heterocycles. The second kappa shape index (κ2) is 5.82. The lowest BCUT2D eigenvalue weighted by Crippen LogP contribution is -2.19. The monoisotopic (exact) mass is 249 g/mol. The molecule has 0 radical (unpaired) electrons. The molecule has 1 aromatic rings. The zero-order valence-corrected chi connectivity index (χ0v) is 10.6. The number of nitro groups is 1. The van der Waals surface area contributed by atoms with Gasteiger partial charge in [-0.1, -0.05) is 0 Å². The number of hydrogen-bond acceptors (Lipinski definition) is 4. The van der Waals surface area contributed by atoms with E-state index in [9.17, 15) is 10.1 Å². The molecule has 2 rings (SSSR count). The van der Waals surface area contributed by atoms with E-state index in [4.69, 9.17) is 0 Å². The maximum absolute atomic E-state index is 10.7. The van der Waals surface area contributed by atoms with Gasteiger partial charge in [0.1, 0.15) is 0 Å². The minimum Gasteiger partial charge on any atom is -0.385 e. The van der Waals surface area contributed by atoms with Crippen molar-refractivity contribution >= 4 is 11.4 Å². The minimum atomic E-state index is -0.354. The van der Waals surface area contributed by atoms with Gasteiger partial charge in [-0.15, -0.1) is 0 Å². The summed E-state index contributed by atoms with van der Waals surface area (Å²) in [5.41, 5.74) is 1.88. The van der Waals surface area contributed by atoms with E-state index >= 15 is 0 Å². The largest absolute Gasteiger partial charge is 0.385 e. The van der Waals surface area contributed by atoms with E-state index in [1.807, 2.05) is 13.0 Å². The van der Waals surface area contributed by atoms with Crippen LogP contribution in [0.3, 0.4) is 0 Å². The van der Waals surface area contributed by atoms with Crippen LogP contribution in [-0.4, -0.2) is 24.1 Å². The van der Waals surface area contributed by atoms with Crippen molar-refractivity contribution in [2.75, 3.05) is 18.4 Å². The Morgan fingerprint density at radius 1 is 1.33 bits per heavy atom. The predicted molar refractivity (Wildman–Crippen MR) is 72.0 cm³/mol. The minimum absolute atomic E-state index is 0.147. The van der Waals surface area contributed by atoms with E-state index in [1.54, 1.807) is 12.1 Å². The molecule has 0 saturated heterocycles. The van der Waals surface area contributed by atoms with Crippen molar-refractivity contribution < 1.29 is 4.92 Å². The summed E-state index contributed by atoms with van der Waals surface area (Å²) in [5.74, 6) is 0. The van der Waals surface area contributed by atoms with Crippen LogP contribution in [0.2, 0.25) is 0 Å². The van der Waals surface area contributed by atoms with Crippen LogP contribution in [0.15, 0.2) is 18.2 Å². The van der Waals surface area contributed by atoms with E-state index in [0.717, 1.165) is 36.8 Å². The summed E-state index contributed by atoms with van der Waals surface area (Å²) >= 11 is 0. The van der Waals surface area contributed by atoms with Gasteiger partial charge in [-0.25, -0.2) is 0 Å². The third-order valence-corrected chi connectivity index (χ3v) is 2.97. The van der Waals surface area contributed by atoms with Crippen molar-refractivity contribution in [2.24, 2.45) is 0 Å². The summed E-state index contributed by atoms with van der Waals surface area (Å²) in [5, 5.41) is 17.4. The zero-order valence-electron chi connectivity index (χ0n) is 10.6. The molecule has 5 nitrogen and oxygen atoms in total. The fourth-order valence-electron chi connectivity index (χ4n) is 1.89. The standard InChI is InChI=1S/C13H19N3O2/c1-10-7-12(9-13(8-10)16(17)18)15-6-2-5-14-11-3-4-11/h7-9,11,14-15H,2-6H2,1H3. The molecule has 1 aromatic carbocycles. The fraction of sp³-hybridized carbons (Fsp3) is 0.538. The summed E-state index contributed by atoms with van der Waals surface area (Å²) in [7, 11) is 0. The highest BCUT2D eigenvalue weighted by atomic mass is 16.6. The summed E-state index contributed by atoms with van der Waals surface area (Å²) in [4.78, 5) is 10.4. The average Bonchev–Trinajstić information content (AvgIpc) is 3.12. The van der Waals surface area contributed by atoms with E-state index in [-0.39, 0.29) is 10.6 Å². The van der Waals surface area contributed by atoms with Gasteiger partial charge in [-0.2, -0.15) is 0 Å². The van der Waals surface area contributed by atoms with Gasteiger partial charge in [-0.3, -0.25) is 10.1 Å². The number of nitro benzene ring substituents is 1. The molecule has 0 heterocycles. The van der Waals surface area contributed by atoms with E-state index < -0.39 is 0 Å². The Balaban J connectivity index is 1.78. The number of hydrogen-bond donors (Lipinski definition) is 2. The van der Waals surface area contributed by atoms with Crippen molar-refractivity contribution in [3.05, 3.63) is 33.9 Å². The number of nitrogens with one attached hydrogen (secondary N) is 2. The van der Waals surface area contributed by atoms with E-state index in [2.05, 4.69) is 10.6 Å². The molecule has 0 amide bonds. The number of anilines is 1. The van der Waals surface area contributed by atoms with Gasteiger partial charge in [0, 0.05) is 30.4 Å². The van der Waals surface area contributed by atoms with Crippen LogP contribution in [0.4, 0.5) is 11.4 Å². The van der Waals surface area contributed by atoms with Crippen LogP contribution in [0, 0.1) is 17.0 Å². The lowest BCUT2D eigenvalue weighted by molar-refractivity contribution is -0.384. The maximum atomic E-state index is 10.7. The molecule has 2 N–H and O–H groups in total. The SMILES string of the molecule is Cc1cc(NCCCNC2CC2)cc([N+](=O)[O-])c1. The highest BCUT2D eigenvalue weighted by molar-refractivity contribution is 5.53. The third-order valence-electron chi connectivity index (χ3n) is 2.97. The smallest absolute Gasteiger partial charge is 0.271 e.